The number of nitrogens with zero attached hydrogens (tertiary/aromatic N) is 2. The van der Waals surface area contributed by atoms with Gasteiger partial charge in [-0.1, -0.05) is 13.0 Å². The Morgan fingerprint density at radius 2 is 1.68 bits per heavy atom. The number of rotatable bonds is 4. The van der Waals surface area contributed by atoms with Gasteiger partial charge in [-0.2, -0.15) is 4.31 Å². The van der Waals surface area contributed by atoms with Gasteiger partial charge in [0.05, 0.1) is 10.6 Å². The van der Waals surface area contributed by atoms with Gasteiger partial charge in [-0.15, -0.1) is 11.3 Å². The molecule has 0 unspecified atom stereocenters. The van der Waals surface area contributed by atoms with Crippen molar-refractivity contribution in [2.24, 2.45) is 0 Å². The van der Waals surface area contributed by atoms with Crippen LogP contribution in [0, 0.1) is 0 Å². The molecule has 1 fully saturated rings. The molecule has 2 rings (SSSR count). The lowest BCUT2D eigenvalue weighted by atomic mass is 10.3. The molecular weight excluding hydrogens is 372 g/mol. The second kappa shape index (κ2) is 9.49. The number of aliphatic carboxylic acids is 2. The zero-order valence-corrected chi connectivity index (χ0v) is 15.3. The highest BCUT2D eigenvalue weighted by Crippen LogP contribution is 2.15. The van der Waals surface area contributed by atoms with Crippen LogP contribution in [0.5, 0.6) is 0 Å². The van der Waals surface area contributed by atoms with Gasteiger partial charge in [0, 0.05) is 26.2 Å². The van der Waals surface area contributed by atoms with Crippen molar-refractivity contribution in [2.45, 2.75) is 13.3 Å². The van der Waals surface area contributed by atoms with Crippen LogP contribution in [0.2, 0.25) is 0 Å². The summed E-state index contributed by atoms with van der Waals surface area (Å²) < 4.78 is 25.3. The number of carbonyl (C=O) groups excluding carboxylic acids is 1. The molecule has 2 N–H and O–H groups in total. The molecule has 1 saturated heterocycles. The molecule has 1 aliphatic rings. The summed E-state index contributed by atoms with van der Waals surface area (Å²) in [5.74, 6) is -3.46. The van der Waals surface area contributed by atoms with Crippen LogP contribution in [0.4, 0.5) is 0 Å². The van der Waals surface area contributed by atoms with Crippen molar-refractivity contribution >= 4 is 39.2 Å². The Balaban J connectivity index is 0.000000450. The van der Waals surface area contributed by atoms with Crippen LogP contribution in [0.1, 0.15) is 23.0 Å². The average Bonchev–Trinajstić information content (AvgIpc) is 3.09. The highest BCUT2D eigenvalue weighted by atomic mass is 32.2. The van der Waals surface area contributed by atoms with Gasteiger partial charge in [0.15, 0.2) is 0 Å². The third-order valence-corrected chi connectivity index (χ3v) is 6.23. The molecule has 0 aliphatic carbocycles. The smallest absolute Gasteiger partial charge is 0.414 e. The van der Waals surface area contributed by atoms with Crippen molar-refractivity contribution in [3.8, 4) is 0 Å². The van der Waals surface area contributed by atoms with E-state index in [2.05, 4.69) is 0 Å². The predicted molar refractivity (Wildman–Crippen MR) is 91.1 cm³/mol. The molecule has 0 spiro atoms. The van der Waals surface area contributed by atoms with Gasteiger partial charge in [-0.3, -0.25) is 4.79 Å². The summed E-state index contributed by atoms with van der Waals surface area (Å²) in [6, 6.07) is 3.65. The number of carboxylic acids is 2. The quantitative estimate of drug-likeness (QED) is 0.709. The van der Waals surface area contributed by atoms with Crippen LogP contribution in [-0.4, -0.2) is 77.6 Å². The van der Waals surface area contributed by atoms with E-state index in [0.717, 1.165) is 0 Å². The van der Waals surface area contributed by atoms with Gasteiger partial charge in [-0.05, 0) is 17.9 Å². The summed E-state index contributed by atoms with van der Waals surface area (Å²) in [5, 5.41) is 16.7. The van der Waals surface area contributed by atoms with Crippen LogP contribution < -0.4 is 0 Å². The van der Waals surface area contributed by atoms with E-state index in [1.54, 1.807) is 11.0 Å². The summed E-state index contributed by atoms with van der Waals surface area (Å²) in [6.45, 7) is 3.60. The lowest BCUT2D eigenvalue weighted by Gasteiger charge is -2.33. The Hall–Kier alpha value is -1.98. The molecule has 0 saturated carbocycles. The first-order valence-corrected chi connectivity index (χ1v) is 9.94. The molecular formula is C14H20N2O7S2. The Kier molecular flexibility index (Phi) is 8.00. The Morgan fingerprint density at radius 1 is 1.12 bits per heavy atom. The van der Waals surface area contributed by atoms with Crippen LogP contribution in [-0.2, 0) is 19.6 Å². The molecule has 9 nitrogen and oxygen atoms in total. The Bertz CT molecular complexity index is 681. The van der Waals surface area contributed by atoms with E-state index in [1.807, 2.05) is 18.4 Å². The molecule has 1 aromatic rings. The maximum atomic E-state index is 12.1. The SMILES string of the molecule is CCCS(=O)(=O)N1CCN(C(=O)c2cccs2)CC1.O=C(O)C(=O)O. The molecule has 0 atom stereocenters. The highest BCUT2D eigenvalue weighted by Gasteiger charge is 2.28. The third kappa shape index (κ3) is 6.44. The van der Waals surface area contributed by atoms with E-state index in [1.165, 1.54) is 15.6 Å². The monoisotopic (exact) mass is 392 g/mol. The normalized spacial score (nSPS) is 15.2. The fraction of sp³-hybridized carbons (Fsp3) is 0.500. The topological polar surface area (TPSA) is 132 Å². The standard InChI is InChI=1S/C12H18N2O3S2.C2H2O4/c1-2-10-19(16,17)14-7-5-13(6-8-14)12(15)11-4-3-9-18-11;3-1(4)2(5)6/h3-4,9H,2,5-8,10H2,1H3;(H,3,4)(H,5,6). The van der Waals surface area contributed by atoms with Crippen molar-refractivity contribution in [1.29, 1.82) is 0 Å². The molecule has 2 heterocycles. The third-order valence-electron chi connectivity index (χ3n) is 3.30. The minimum absolute atomic E-state index is 0.00235. The zero-order chi connectivity index (χ0) is 19.0. The van der Waals surface area contributed by atoms with E-state index in [9.17, 15) is 13.2 Å². The fourth-order valence-electron chi connectivity index (χ4n) is 2.11. The first-order valence-electron chi connectivity index (χ1n) is 7.45. The van der Waals surface area contributed by atoms with Gasteiger partial charge < -0.3 is 15.1 Å². The number of amides is 1. The number of carboxylic acid groups (broad SMARTS) is 2. The van der Waals surface area contributed by atoms with Crippen LogP contribution in [0.15, 0.2) is 17.5 Å². The van der Waals surface area contributed by atoms with Crippen LogP contribution in [0.25, 0.3) is 0 Å². The van der Waals surface area contributed by atoms with E-state index in [4.69, 9.17) is 19.8 Å². The van der Waals surface area contributed by atoms with Crippen molar-refractivity contribution < 1.29 is 33.0 Å². The van der Waals surface area contributed by atoms with Crippen LogP contribution in [0.3, 0.4) is 0 Å². The number of piperazine rings is 1. The summed E-state index contributed by atoms with van der Waals surface area (Å²) in [6.07, 6.45) is 0.622. The Labute approximate surface area is 149 Å². The minimum Gasteiger partial charge on any atom is -0.473 e. The summed E-state index contributed by atoms with van der Waals surface area (Å²) >= 11 is 1.42. The van der Waals surface area contributed by atoms with Gasteiger partial charge in [-0.25, -0.2) is 18.0 Å². The maximum Gasteiger partial charge on any atom is 0.414 e. The molecule has 11 heteroatoms. The van der Waals surface area contributed by atoms with Gasteiger partial charge in [0.1, 0.15) is 0 Å². The van der Waals surface area contributed by atoms with Crippen molar-refractivity contribution in [3.05, 3.63) is 22.4 Å². The zero-order valence-electron chi connectivity index (χ0n) is 13.6. The van der Waals surface area contributed by atoms with E-state index in [-0.39, 0.29) is 11.7 Å². The second-order valence-electron chi connectivity index (χ2n) is 5.09. The van der Waals surface area contributed by atoms with Crippen molar-refractivity contribution in [2.75, 3.05) is 31.9 Å². The number of hydrogen-bond acceptors (Lipinski definition) is 6. The first-order chi connectivity index (χ1) is 11.7. The van der Waals surface area contributed by atoms with Gasteiger partial charge in [0.2, 0.25) is 10.0 Å². The predicted octanol–water partition coefficient (Wildman–Crippen LogP) is 0.401. The largest absolute Gasteiger partial charge is 0.473 e. The first kappa shape index (κ1) is 21.1. The van der Waals surface area contributed by atoms with Crippen molar-refractivity contribution in [1.82, 2.24) is 9.21 Å². The number of sulfonamides is 1. The molecule has 0 aromatic carbocycles. The minimum atomic E-state index is -3.14. The van der Waals surface area contributed by atoms with E-state index < -0.39 is 22.0 Å². The fourth-order valence-corrected chi connectivity index (χ4v) is 4.30. The van der Waals surface area contributed by atoms with Crippen LogP contribution >= 0.6 is 11.3 Å². The van der Waals surface area contributed by atoms with E-state index >= 15 is 0 Å². The summed E-state index contributed by atoms with van der Waals surface area (Å²) in [5.41, 5.74) is 0. The van der Waals surface area contributed by atoms with Gasteiger partial charge >= 0.3 is 11.9 Å². The number of carbonyl (C=O) groups is 3. The number of hydrogen-bond donors (Lipinski definition) is 2. The van der Waals surface area contributed by atoms with Crippen molar-refractivity contribution in [3.63, 3.8) is 0 Å². The molecule has 1 amide bonds. The summed E-state index contributed by atoms with van der Waals surface area (Å²) in [4.78, 5) is 32.7. The second-order valence-corrected chi connectivity index (χ2v) is 8.13. The average molecular weight is 392 g/mol. The molecule has 0 bridgehead atoms. The number of thiophene rings is 1. The molecule has 140 valence electrons. The molecule has 1 aromatic heterocycles. The maximum absolute atomic E-state index is 12.1. The molecule has 1 aliphatic heterocycles. The highest BCUT2D eigenvalue weighted by molar-refractivity contribution is 7.89. The lowest BCUT2D eigenvalue weighted by molar-refractivity contribution is -0.159. The summed E-state index contributed by atoms with van der Waals surface area (Å²) in [7, 11) is -3.14. The van der Waals surface area contributed by atoms with E-state index in [0.29, 0.717) is 37.5 Å². The molecule has 25 heavy (non-hydrogen) atoms. The Morgan fingerprint density at radius 3 is 2.08 bits per heavy atom. The van der Waals surface area contributed by atoms with Gasteiger partial charge in [0.25, 0.3) is 5.91 Å². The lowest BCUT2D eigenvalue weighted by Crippen LogP contribution is -2.50. The molecule has 0 radical (unpaired) electrons.